The quantitative estimate of drug-likeness (QED) is 0.645. The lowest BCUT2D eigenvalue weighted by Crippen LogP contribution is -2.30. The van der Waals surface area contributed by atoms with Crippen LogP contribution >= 0.6 is 22.7 Å². The molecule has 1 amide bonds. The van der Waals surface area contributed by atoms with Crippen LogP contribution in [0.4, 0.5) is 19.6 Å². The summed E-state index contributed by atoms with van der Waals surface area (Å²) in [6, 6.07) is 4.34. The Bertz CT molecular complexity index is 985. The zero-order valence-corrected chi connectivity index (χ0v) is 16.2. The fraction of sp³-hybridized carbons (Fsp3) is 0.235. The number of ether oxygens (including phenoxy) is 1. The van der Waals surface area contributed by atoms with Gasteiger partial charge >= 0.3 is 5.97 Å². The van der Waals surface area contributed by atoms with E-state index in [1.165, 1.54) is 18.3 Å². The van der Waals surface area contributed by atoms with Crippen molar-refractivity contribution in [1.29, 1.82) is 0 Å². The summed E-state index contributed by atoms with van der Waals surface area (Å²) in [6.07, 6.45) is -1.19. The van der Waals surface area contributed by atoms with Gasteiger partial charge in [0, 0.05) is 20.2 Å². The Morgan fingerprint density at radius 2 is 1.96 bits per heavy atom. The third kappa shape index (κ3) is 4.22. The van der Waals surface area contributed by atoms with Crippen molar-refractivity contribution in [2.45, 2.75) is 13.0 Å². The van der Waals surface area contributed by atoms with E-state index in [0.29, 0.717) is 9.71 Å². The average molecular weight is 411 g/mol. The molecular weight excluding hydrogens is 396 g/mol. The monoisotopic (exact) mass is 411 g/mol. The fourth-order valence-corrected chi connectivity index (χ4v) is 4.13. The molecule has 10 heteroatoms. The van der Waals surface area contributed by atoms with Crippen LogP contribution in [0.25, 0.3) is 9.53 Å². The number of aromatic nitrogens is 1. The molecule has 1 aromatic carbocycles. The molecule has 1 unspecified atom stereocenters. The van der Waals surface area contributed by atoms with Gasteiger partial charge in [-0.2, -0.15) is 0 Å². The molecule has 3 aromatic rings. The van der Waals surface area contributed by atoms with Gasteiger partial charge in [0.2, 0.25) is 0 Å². The van der Waals surface area contributed by atoms with Crippen LogP contribution in [-0.2, 0) is 9.53 Å². The van der Waals surface area contributed by atoms with Gasteiger partial charge in [0.05, 0.1) is 10.4 Å². The van der Waals surface area contributed by atoms with Gasteiger partial charge in [-0.3, -0.25) is 4.79 Å². The van der Waals surface area contributed by atoms with Crippen LogP contribution in [0.1, 0.15) is 16.6 Å². The average Bonchev–Trinajstić information content (AvgIpc) is 3.17. The van der Waals surface area contributed by atoms with E-state index < -0.39 is 29.6 Å². The van der Waals surface area contributed by atoms with Gasteiger partial charge in [-0.1, -0.05) is 11.3 Å². The third-order valence-electron chi connectivity index (χ3n) is 3.50. The number of esters is 1. The van der Waals surface area contributed by atoms with Crippen molar-refractivity contribution in [2.24, 2.45) is 0 Å². The van der Waals surface area contributed by atoms with E-state index in [9.17, 15) is 18.4 Å². The summed E-state index contributed by atoms with van der Waals surface area (Å²) < 4.78 is 32.7. The molecule has 1 atom stereocenters. The molecule has 27 heavy (non-hydrogen) atoms. The largest absolute Gasteiger partial charge is 0.448 e. The van der Waals surface area contributed by atoms with Crippen molar-refractivity contribution in [3.8, 4) is 0 Å². The lowest BCUT2D eigenvalue weighted by atomic mass is 10.2. The second-order valence-electron chi connectivity index (χ2n) is 5.83. The van der Waals surface area contributed by atoms with Gasteiger partial charge in [0.15, 0.2) is 11.2 Å². The third-order valence-corrected chi connectivity index (χ3v) is 5.81. The number of thiophene rings is 1. The topological polar surface area (TPSA) is 71.5 Å². The fourth-order valence-electron chi connectivity index (χ4n) is 2.12. The highest BCUT2D eigenvalue weighted by Gasteiger charge is 2.22. The van der Waals surface area contributed by atoms with E-state index >= 15 is 0 Å². The Hall–Kier alpha value is -2.59. The van der Waals surface area contributed by atoms with Gasteiger partial charge in [-0.15, -0.1) is 11.3 Å². The number of carbonyl (C=O) groups excluding carboxylic acids is 2. The summed E-state index contributed by atoms with van der Waals surface area (Å²) in [5.74, 6) is -2.93. The summed E-state index contributed by atoms with van der Waals surface area (Å²) in [5.41, 5.74) is -0.319. The maximum atomic E-state index is 13.6. The smallest absolute Gasteiger partial charge is 0.349 e. The van der Waals surface area contributed by atoms with Crippen molar-refractivity contribution in [3.63, 3.8) is 0 Å². The first-order valence-corrected chi connectivity index (χ1v) is 9.42. The summed E-state index contributed by atoms with van der Waals surface area (Å²) in [7, 11) is 3.75. The van der Waals surface area contributed by atoms with Crippen molar-refractivity contribution >= 4 is 54.9 Å². The van der Waals surface area contributed by atoms with Crippen LogP contribution in [0, 0.1) is 11.6 Å². The minimum Gasteiger partial charge on any atom is -0.448 e. The standard InChI is InChI=1S/C17H15F2N3O3S2/c1-8(14(23)20-11-6-9(18)4-5-10(11)19)25-16(24)13-7-12-15(26-13)21-17(27-12)22(2)3/h4-8H,1-3H3,(H,20,23). The first kappa shape index (κ1) is 19.2. The minimum atomic E-state index is -1.19. The molecule has 0 aliphatic carbocycles. The second kappa shape index (κ2) is 7.57. The lowest BCUT2D eigenvalue weighted by Gasteiger charge is -2.13. The highest BCUT2D eigenvalue weighted by molar-refractivity contribution is 7.29. The number of hydrogen-bond acceptors (Lipinski definition) is 7. The molecule has 0 radical (unpaired) electrons. The molecule has 2 aromatic heterocycles. The molecule has 0 fully saturated rings. The van der Waals surface area contributed by atoms with Gasteiger partial charge < -0.3 is 15.0 Å². The normalized spacial score (nSPS) is 12.0. The summed E-state index contributed by atoms with van der Waals surface area (Å²) >= 11 is 2.60. The Kier molecular flexibility index (Phi) is 5.38. The van der Waals surface area contributed by atoms with E-state index in [1.807, 2.05) is 19.0 Å². The van der Waals surface area contributed by atoms with Crippen molar-refractivity contribution in [1.82, 2.24) is 4.98 Å². The number of amides is 1. The Labute approximate surface area is 161 Å². The van der Waals surface area contributed by atoms with E-state index in [-0.39, 0.29) is 5.69 Å². The summed E-state index contributed by atoms with van der Waals surface area (Å²) in [5, 5.41) is 3.03. The van der Waals surface area contributed by atoms with Crippen LogP contribution in [0.3, 0.4) is 0 Å². The molecule has 3 rings (SSSR count). The molecule has 0 bridgehead atoms. The van der Waals surface area contributed by atoms with Gasteiger partial charge in [-0.05, 0) is 25.1 Å². The number of rotatable bonds is 5. The van der Waals surface area contributed by atoms with E-state index in [0.717, 1.165) is 39.4 Å². The molecular formula is C17H15F2N3O3S2. The Balaban J connectivity index is 1.66. The number of nitrogens with one attached hydrogen (secondary N) is 1. The zero-order valence-electron chi connectivity index (χ0n) is 14.6. The maximum absolute atomic E-state index is 13.6. The lowest BCUT2D eigenvalue weighted by molar-refractivity contribution is -0.123. The molecule has 0 saturated heterocycles. The van der Waals surface area contributed by atoms with Crippen LogP contribution in [-0.4, -0.2) is 37.1 Å². The number of fused-ring (bicyclic) bond motifs is 1. The van der Waals surface area contributed by atoms with Crippen molar-refractivity contribution in [3.05, 3.63) is 40.8 Å². The number of carbonyl (C=O) groups is 2. The molecule has 2 heterocycles. The minimum absolute atomic E-state index is 0.311. The first-order valence-electron chi connectivity index (χ1n) is 7.79. The van der Waals surface area contributed by atoms with Gasteiger partial charge in [0.1, 0.15) is 21.3 Å². The second-order valence-corrected chi connectivity index (χ2v) is 7.87. The SMILES string of the molecule is CC(OC(=O)c1cc2sc(N(C)C)nc2s1)C(=O)Nc1cc(F)ccc1F. The summed E-state index contributed by atoms with van der Waals surface area (Å²) in [6.45, 7) is 1.35. The van der Waals surface area contributed by atoms with Crippen LogP contribution in [0.5, 0.6) is 0 Å². The number of thiazole rings is 1. The highest BCUT2D eigenvalue weighted by Crippen LogP contribution is 2.34. The molecule has 0 spiro atoms. The number of halogens is 2. The Morgan fingerprint density at radius 1 is 1.22 bits per heavy atom. The molecule has 0 saturated carbocycles. The number of anilines is 2. The van der Waals surface area contributed by atoms with E-state index in [4.69, 9.17) is 4.74 Å². The molecule has 142 valence electrons. The maximum Gasteiger partial charge on any atom is 0.349 e. The van der Waals surface area contributed by atoms with Crippen LogP contribution < -0.4 is 10.2 Å². The predicted molar refractivity (Wildman–Crippen MR) is 102 cm³/mol. The Morgan fingerprint density at radius 3 is 2.63 bits per heavy atom. The van der Waals surface area contributed by atoms with Gasteiger partial charge in [0.25, 0.3) is 5.91 Å². The van der Waals surface area contributed by atoms with Crippen LogP contribution in [0.15, 0.2) is 24.3 Å². The molecule has 0 aliphatic rings. The first-order chi connectivity index (χ1) is 12.7. The number of nitrogens with zero attached hydrogens (tertiary/aromatic N) is 2. The molecule has 1 N–H and O–H groups in total. The molecule has 0 aliphatic heterocycles. The van der Waals surface area contributed by atoms with Crippen molar-refractivity contribution in [2.75, 3.05) is 24.3 Å². The number of hydrogen-bond donors (Lipinski definition) is 1. The van der Waals surface area contributed by atoms with Gasteiger partial charge in [-0.25, -0.2) is 18.6 Å². The summed E-state index contributed by atoms with van der Waals surface area (Å²) in [4.78, 5) is 31.6. The van der Waals surface area contributed by atoms with Crippen molar-refractivity contribution < 1.29 is 23.1 Å². The predicted octanol–water partition coefficient (Wildman–Crippen LogP) is 3.89. The van der Waals surface area contributed by atoms with E-state index in [1.54, 1.807) is 6.07 Å². The highest BCUT2D eigenvalue weighted by atomic mass is 32.1. The zero-order chi connectivity index (χ0) is 19.7. The van der Waals surface area contributed by atoms with E-state index in [2.05, 4.69) is 10.3 Å². The molecule has 6 nitrogen and oxygen atoms in total. The number of benzene rings is 1. The van der Waals surface area contributed by atoms with Crippen LogP contribution in [0.2, 0.25) is 0 Å².